The van der Waals surface area contributed by atoms with Gasteiger partial charge in [0.25, 0.3) is 0 Å². The van der Waals surface area contributed by atoms with E-state index in [4.69, 9.17) is 10.5 Å². The lowest BCUT2D eigenvalue weighted by Gasteiger charge is -2.08. The highest BCUT2D eigenvalue weighted by Crippen LogP contribution is 2.24. The van der Waals surface area contributed by atoms with Crippen LogP contribution in [0.25, 0.3) is 0 Å². The molecule has 0 bridgehead atoms. The lowest BCUT2D eigenvalue weighted by molar-refractivity contribution is 0.287. The van der Waals surface area contributed by atoms with E-state index in [1.807, 2.05) is 0 Å². The van der Waals surface area contributed by atoms with Gasteiger partial charge in [0.2, 0.25) is 0 Å². The van der Waals surface area contributed by atoms with Crippen LogP contribution in [0, 0.1) is 23.3 Å². The van der Waals surface area contributed by atoms with Gasteiger partial charge in [-0.2, -0.15) is 0 Å². The lowest BCUT2D eigenvalue weighted by atomic mass is 10.2. The number of halogens is 4. The Morgan fingerprint density at radius 1 is 0.842 bits per heavy atom. The summed E-state index contributed by atoms with van der Waals surface area (Å²) in [4.78, 5) is 0. The molecule has 0 fully saturated rings. The maximum atomic E-state index is 13.4. The van der Waals surface area contributed by atoms with Gasteiger partial charge in [-0.3, -0.25) is 0 Å². The number of nitrogens with two attached hydrogens (primary N) is 1. The molecule has 100 valence electrons. The minimum absolute atomic E-state index is 0.161. The van der Waals surface area contributed by atoms with Crippen molar-refractivity contribution < 1.29 is 22.3 Å². The summed E-state index contributed by atoms with van der Waals surface area (Å²) in [5, 5.41) is 0. The van der Waals surface area contributed by atoms with E-state index in [-0.39, 0.29) is 23.6 Å². The van der Waals surface area contributed by atoms with Gasteiger partial charge in [-0.05, 0) is 17.7 Å². The third-order valence-electron chi connectivity index (χ3n) is 2.37. The Morgan fingerprint density at radius 2 is 1.47 bits per heavy atom. The molecule has 0 spiro atoms. The van der Waals surface area contributed by atoms with Crippen molar-refractivity contribution in [3.63, 3.8) is 0 Å². The lowest BCUT2D eigenvalue weighted by Crippen LogP contribution is -2.01. The highest BCUT2D eigenvalue weighted by atomic mass is 19.1. The molecule has 2 aromatic carbocycles. The molecule has 19 heavy (non-hydrogen) atoms. The first-order valence-corrected chi connectivity index (χ1v) is 5.28. The Morgan fingerprint density at radius 3 is 2.11 bits per heavy atom. The van der Waals surface area contributed by atoms with Crippen LogP contribution in [0.5, 0.6) is 5.75 Å². The predicted octanol–water partition coefficient (Wildman–Crippen LogP) is 3.40. The van der Waals surface area contributed by atoms with Crippen LogP contribution in [0.3, 0.4) is 0 Å². The molecular formula is C13H9F4NO. The van der Waals surface area contributed by atoms with Crippen molar-refractivity contribution >= 4 is 5.69 Å². The molecular weight excluding hydrogens is 262 g/mol. The van der Waals surface area contributed by atoms with Crippen LogP contribution in [-0.2, 0) is 6.61 Å². The molecule has 0 atom stereocenters. The molecule has 0 aliphatic carbocycles. The summed E-state index contributed by atoms with van der Waals surface area (Å²) in [6.45, 7) is -0.297. The average Bonchev–Trinajstić information content (AvgIpc) is 2.31. The van der Waals surface area contributed by atoms with Crippen LogP contribution >= 0.6 is 0 Å². The van der Waals surface area contributed by atoms with Gasteiger partial charge in [-0.15, -0.1) is 0 Å². The summed E-state index contributed by atoms with van der Waals surface area (Å²) < 4.78 is 57.3. The van der Waals surface area contributed by atoms with Crippen molar-refractivity contribution in [3.8, 4) is 5.75 Å². The first-order chi connectivity index (χ1) is 8.95. The molecule has 0 saturated heterocycles. The van der Waals surface area contributed by atoms with Gasteiger partial charge < -0.3 is 10.5 Å². The number of hydrogen-bond donors (Lipinski definition) is 1. The van der Waals surface area contributed by atoms with E-state index < -0.39 is 23.3 Å². The molecule has 0 amide bonds. The van der Waals surface area contributed by atoms with E-state index in [9.17, 15) is 17.6 Å². The van der Waals surface area contributed by atoms with Gasteiger partial charge in [0.15, 0.2) is 11.6 Å². The van der Waals surface area contributed by atoms with Crippen LogP contribution in [0.1, 0.15) is 5.56 Å². The Bertz CT molecular complexity index is 596. The summed E-state index contributed by atoms with van der Waals surface area (Å²) >= 11 is 0. The minimum atomic E-state index is -0.851. The fraction of sp³-hybridized carbons (Fsp3) is 0.0769. The predicted molar refractivity (Wildman–Crippen MR) is 61.5 cm³/mol. The number of hydrogen-bond acceptors (Lipinski definition) is 2. The molecule has 0 radical (unpaired) electrons. The van der Waals surface area contributed by atoms with Crippen molar-refractivity contribution in [2.75, 3.05) is 5.73 Å². The van der Waals surface area contributed by atoms with Crippen molar-refractivity contribution in [2.24, 2.45) is 0 Å². The van der Waals surface area contributed by atoms with Gasteiger partial charge >= 0.3 is 0 Å². The number of ether oxygens (including phenoxy) is 1. The first kappa shape index (κ1) is 13.2. The topological polar surface area (TPSA) is 35.2 Å². The van der Waals surface area contributed by atoms with Crippen LogP contribution < -0.4 is 10.5 Å². The largest absolute Gasteiger partial charge is 0.486 e. The molecule has 6 heteroatoms. The smallest absolute Gasteiger partial charge is 0.167 e. The molecule has 0 saturated carbocycles. The Hall–Kier alpha value is -2.24. The maximum Gasteiger partial charge on any atom is 0.167 e. The maximum absolute atomic E-state index is 13.4. The van der Waals surface area contributed by atoms with E-state index in [0.717, 1.165) is 24.3 Å². The van der Waals surface area contributed by atoms with Crippen molar-refractivity contribution in [3.05, 3.63) is 59.2 Å². The first-order valence-electron chi connectivity index (χ1n) is 5.28. The average molecular weight is 271 g/mol. The standard InChI is InChI=1S/C13H9F4NO/c14-8-1-7(2-9(15)3-8)6-19-13-5-10(16)12(18)4-11(13)17/h1-5H,6,18H2. The van der Waals surface area contributed by atoms with E-state index in [0.29, 0.717) is 6.07 Å². The van der Waals surface area contributed by atoms with Crippen molar-refractivity contribution in [1.82, 2.24) is 0 Å². The molecule has 0 aliphatic heterocycles. The summed E-state index contributed by atoms with van der Waals surface area (Å²) in [6, 6.07) is 4.33. The Balaban J connectivity index is 2.16. The van der Waals surface area contributed by atoms with Gasteiger partial charge in [0.1, 0.15) is 24.1 Å². The molecule has 0 aromatic heterocycles. The molecule has 2 rings (SSSR count). The number of nitrogen functional groups attached to an aromatic ring is 1. The summed E-state index contributed by atoms with van der Waals surface area (Å²) in [7, 11) is 0. The Kier molecular flexibility index (Phi) is 3.59. The summed E-state index contributed by atoms with van der Waals surface area (Å²) in [5.74, 6) is -3.61. The summed E-state index contributed by atoms with van der Waals surface area (Å²) in [5.41, 5.74) is 4.98. The quantitative estimate of drug-likeness (QED) is 0.686. The number of anilines is 1. The third kappa shape index (κ3) is 3.15. The van der Waals surface area contributed by atoms with Crippen molar-refractivity contribution in [1.29, 1.82) is 0 Å². The highest BCUT2D eigenvalue weighted by molar-refractivity contribution is 5.44. The highest BCUT2D eigenvalue weighted by Gasteiger charge is 2.10. The van der Waals surface area contributed by atoms with Gasteiger partial charge in [-0.25, -0.2) is 17.6 Å². The SMILES string of the molecule is Nc1cc(F)c(OCc2cc(F)cc(F)c2)cc1F. The third-order valence-corrected chi connectivity index (χ3v) is 2.37. The second kappa shape index (κ2) is 5.17. The second-order valence-electron chi connectivity index (χ2n) is 3.87. The van der Waals surface area contributed by atoms with Crippen LogP contribution in [0.4, 0.5) is 23.2 Å². The Labute approximate surface area is 106 Å². The number of rotatable bonds is 3. The normalized spacial score (nSPS) is 10.5. The zero-order valence-corrected chi connectivity index (χ0v) is 9.59. The van der Waals surface area contributed by atoms with Gasteiger partial charge in [0, 0.05) is 18.2 Å². The van der Waals surface area contributed by atoms with E-state index >= 15 is 0 Å². The van der Waals surface area contributed by atoms with Gasteiger partial charge in [-0.1, -0.05) is 0 Å². The fourth-order valence-corrected chi connectivity index (χ4v) is 1.51. The van der Waals surface area contributed by atoms with E-state index in [1.165, 1.54) is 0 Å². The van der Waals surface area contributed by atoms with Crippen LogP contribution in [-0.4, -0.2) is 0 Å². The minimum Gasteiger partial charge on any atom is -0.486 e. The fourth-order valence-electron chi connectivity index (χ4n) is 1.51. The molecule has 2 aromatic rings. The molecule has 0 unspecified atom stereocenters. The second-order valence-corrected chi connectivity index (χ2v) is 3.87. The van der Waals surface area contributed by atoms with E-state index in [1.54, 1.807) is 0 Å². The van der Waals surface area contributed by atoms with Crippen LogP contribution in [0.15, 0.2) is 30.3 Å². The monoisotopic (exact) mass is 271 g/mol. The van der Waals surface area contributed by atoms with Crippen molar-refractivity contribution in [2.45, 2.75) is 6.61 Å². The summed E-state index contributed by atoms with van der Waals surface area (Å²) in [6.07, 6.45) is 0. The molecule has 2 N–H and O–H groups in total. The molecule has 2 nitrogen and oxygen atoms in total. The zero-order valence-electron chi connectivity index (χ0n) is 9.59. The van der Waals surface area contributed by atoms with E-state index in [2.05, 4.69) is 0 Å². The van der Waals surface area contributed by atoms with Crippen LogP contribution in [0.2, 0.25) is 0 Å². The number of benzene rings is 2. The van der Waals surface area contributed by atoms with Gasteiger partial charge in [0.05, 0.1) is 5.69 Å². The zero-order chi connectivity index (χ0) is 14.0. The molecule has 0 heterocycles. The molecule has 0 aliphatic rings.